The lowest BCUT2D eigenvalue weighted by Crippen LogP contribution is -2.31. The maximum Gasteiger partial charge on any atom is 0.222 e. The van der Waals surface area contributed by atoms with E-state index in [1.807, 2.05) is 45.2 Å². The van der Waals surface area contributed by atoms with Crippen molar-refractivity contribution in [3.8, 4) is 5.75 Å². The molecule has 0 aliphatic carbocycles. The summed E-state index contributed by atoms with van der Waals surface area (Å²) >= 11 is 0. The Morgan fingerprint density at radius 3 is 2.75 bits per heavy atom. The van der Waals surface area contributed by atoms with E-state index in [1.54, 1.807) is 4.90 Å². The van der Waals surface area contributed by atoms with Crippen molar-refractivity contribution in [2.75, 3.05) is 20.2 Å². The van der Waals surface area contributed by atoms with Crippen LogP contribution in [0.5, 0.6) is 5.75 Å². The molecule has 0 aromatic heterocycles. The molecule has 1 aromatic rings. The van der Waals surface area contributed by atoms with Crippen molar-refractivity contribution in [2.45, 2.75) is 39.2 Å². The third kappa shape index (κ3) is 6.06. The van der Waals surface area contributed by atoms with Gasteiger partial charge in [-0.1, -0.05) is 18.2 Å². The number of ether oxygens (including phenoxy) is 1. The van der Waals surface area contributed by atoms with Crippen molar-refractivity contribution in [3.05, 3.63) is 29.8 Å². The number of carbonyl (C=O) groups is 1. The summed E-state index contributed by atoms with van der Waals surface area (Å²) in [6.45, 7) is 5.09. The quantitative estimate of drug-likeness (QED) is 0.794. The summed E-state index contributed by atoms with van der Waals surface area (Å²) in [6.07, 6.45) is 2.29. The zero-order valence-corrected chi connectivity index (χ0v) is 12.8. The molecule has 0 radical (unpaired) electrons. The first-order valence-electron chi connectivity index (χ1n) is 7.18. The van der Waals surface area contributed by atoms with Gasteiger partial charge >= 0.3 is 0 Å². The van der Waals surface area contributed by atoms with E-state index in [9.17, 15) is 4.79 Å². The van der Waals surface area contributed by atoms with E-state index in [1.165, 1.54) is 0 Å². The average molecular weight is 278 g/mol. The molecule has 0 spiro atoms. The van der Waals surface area contributed by atoms with Gasteiger partial charge in [-0.15, -0.1) is 0 Å². The SMILES string of the molecule is Cc1ccccc1OCCN(C)C(=O)CCCC(C)N. The normalized spacial score (nSPS) is 12.0. The first-order valence-corrected chi connectivity index (χ1v) is 7.18. The fourth-order valence-electron chi connectivity index (χ4n) is 1.90. The highest BCUT2D eigenvalue weighted by atomic mass is 16.5. The summed E-state index contributed by atoms with van der Waals surface area (Å²) in [5.74, 6) is 1.03. The van der Waals surface area contributed by atoms with E-state index in [2.05, 4.69) is 0 Å². The molecule has 4 heteroatoms. The highest BCUT2D eigenvalue weighted by Gasteiger charge is 2.09. The zero-order valence-electron chi connectivity index (χ0n) is 12.8. The molecule has 1 rings (SSSR count). The van der Waals surface area contributed by atoms with Crippen LogP contribution in [0.15, 0.2) is 24.3 Å². The van der Waals surface area contributed by atoms with Gasteiger partial charge in [0, 0.05) is 19.5 Å². The minimum Gasteiger partial charge on any atom is -0.491 e. The monoisotopic (exact) mass is 278 g/mol. The number of hydrogen-bond acceptors (Lipinski definition) is 3. The number of hydrogen-bond donors (Lipinski definition) is 1. The lowest BCUT2D eigenvalue weighted by molar-refractivity contribution is -0.130. The number of likely N-dealkylation sites (N-methyl/N-ethyl adjacent to an activating group) is 1. The predicted molar refractivity (Wildman–Crippen MR) is 81.8 cm³/mol. The Hall–Kier alpha value is -1.55. The minimum atomic E-state index is 0.152. The van der Waals surface area contributed by atoms with Gasteiger partial charge in [-0.3, -0.25) is 4.79 Å². The highest BCUT2D eigenvalue weighted by Crippen LogP contribution is 2.15. The number of amides is 1. The third-order valence-electron chi connectivity index (χ3n) is 3.25. The van der Waals surface area contributed by atoms with Crippen molar-refractivity contribution in [1.82, 2.24) is 4.90 Å². The van der Waals surface area contributed by atoms with Gasteiger partial charge in [0.25, 0.3) is 0 Å². The molecule has 1 atom stereocenters. The number of nitrogens with zero attached hydrogens (tertiary/aromatic N) is 1. The van der Waals surface area contributed by atoms with Gasteiger partial charge < -0.3 is 15.4 Å². The standard InChI is InChI=1S/C16H26N2O2/c1-13-7-4-5-9-15(13)20-12-11-18(3)16(19)10-6-8-14(2)17/h4-5,7,9,14H,6,8,10-12,17H2,1-3H3. The first-order chi connectivity index (χ1) is 9.50. The Bertz CT molecular complexity index is 419. The molecular weight excluding hydrogens is 252 g/mol. The second-order valence-electron chi connectivity index (χ2n) is 5.30. The molecule has 0 saturated heterocycles. The van der Waals surface area contributed by atoms with Crippen molar-refractivity contribution < 1.29 is 9.53 Å². The van der Waals surface area contributed by atoms with Gasteiger partial charge in [0.2, 0.25) is 5.91 Å². The van der Waals surface area contributed by atoms with E-state index < -0.39 is 0 Å². The van der Waals surface area contributed by atoms with E-state index in [-0.39, 0.29) is 11.9 Å². The summed E-state index contributed by atoms with van der Waals surface area (Å²) in [4.78, 5) is 13.6. The highest BCUT2D eigenvalue weighted by molar-refractivity contribution is 5.75. The maximum absolute atomic E-state index is 11.9. The van der Waals surface area contributed by atoms with Crippen molar-refractivity contribution in [2.24, 2.45) is 5.73 Å². The van der Waals surface area contributed by atoms with Gasteiger partial charge in [0.1, 0.15) is 12.4 Å². The summed E-state index contributed by atoms with van der Waals surface area (Å²) < 4.78 is 5.69. The molecule has 0 bridgehead atoms. The smallest absolute Gasteiger partial charge is 0.222 e. The van der Waals surface area contributed by atoms with Gasteiger partial charge in [0.15, 0.2) is 0 Å². The van der Waals surface area contributed by atoms with Crippen LogP contribution < -0.4 is 10.5 Å². The number of para-hydroxylation sites is 1. The first kappa shape index (κ1) is 16.5. The molecule has 20 heavy (non-hydrogen) atoms. The minimum absolute atomic E-state index is 0.152. The van der Waals surface area contributed by atoms with E-state index >= 15 is 0 Å². The van der Waals surface area contributed by atoms with Gasteiger partial charge in [-0.2, -0.15) is 0 Å². The summed E-state index contributed by atoms with van der Waals surface area (Å²) in [6, 6.07) is 8.05. The molecule has 112 valence electrons. The predicted octanol–water partition coefficient (Wildman–Crippen LogP) is 2.35. The lowest BCUT2D eigenvalue weighted by atomic mass is 10.1. The summed E-state index contributed by atoms with van der Waals surface area (Å²) in [5, 5.41) is 0. The molecular formula is C16H26N2O2. The van der Waals surface area contributed by atoms with E-state index in [4.69, 9.17) is 10.5 Å². The van der Waals surface area contributed by atoms with Gasteiger partial charge in [0.05, 0.1) is 6.54 Å². The van der Waals surface area contributed by atoms with E-state index in [0.717, 1.165) is 24.2 Å². The average Bonchev–Trinajstić information content (AvgIpc) is 2.40. The Balaban J connectivity index is 2.24. The van der Waals surface area contributed by atoms with Crippen LogP contribution in [0.25, 0.3) is 0 Å². The fourth-order valence-corrected chi connectivity index (χ4v) is 1.90. The van der Waals surface area contributed by atoms with E-state index in [0.29, 0.717) is 19.6 Å². The second-order valence-corrected chi connectivity index (χ2v) is 5.30. The van der Waals surface area contributed by atoms with Crippen LogP contribution in [0.2, 0.25) is 0 Å². The lowest BCUT2D eigenvalue weighted by Gasteiger charge is -2.18. The molecule has 0 saturated carbocycles. The molecule has 0 aliphatic rings. The van der Waals surface area contributed by atoms with Gasteiger partial charge in [-0.25, -0.2) is 0 Å². The summed E-state index contributed by atoms with van der Waals surface area (Å²) in [7, 11) is 1.81. The second kappa shape index (κ2) is 8.59. The Morgan fingerprint density at radius 2 is 2.10 bits per heavy atom. The van der Waals surface area contributed by atoms with Crippen LogP contribution in [-0.4, -0.2) is 37.0 Å². The molecule has 1 aromatic carbocycles. The third-order valence-corrected chi connectivity index (χ3v) is 3.25. The molecule has 1 amide bonds. The number of aryl methyl sites for hydroxylation is 1. The number of benzene rings is 1. The van der Waals surface area contributed by atoms with Crippen LogP contribution in [0.3, 0.4) is 0 Å². The van der Waals surface area contributed by atoms with Crippen LogP contribution in [0.4, 0.5) is 0 Å². The molecule has 2 N–H and O–H groups in total. The van der Waals surface area contributed by atoms with Gasteiger partial charge in [-0.05, 0) is 38.3 Å². The molecule has 0 fully saturated rings. The zero-order chi connectivity index (χ0) is 15.0. The van der Waals surface area contributed by atoms with Crippen LogP contribution in [-0.2, 0) is 4.79 Å². The molecule has 4 nitrogen and oxygen atoms in total. The van der Waals surface area contributed by atoms with Crippen LogP contribution in [0.1, 0.15) is 31.7 Å². The Kier molecular flexibility index (Phi) is 7.09. The van der Waals surface area contributed by atoms with Crippen molar-refractivity contribution >= 4 is 5.91 Å². The molecule has 0 heterocycles. The molecule has 0 aliphatic heterocycles. The maximum atomic E-state index is 11.9. The fraction of sp³-hybridized carbons (Fsp3) is 0.562. The molecule has 1 unspecified atom stereocenters. The largest absolute Gasteiger partial charge is 0.491 e. The Labute approximate surface area is 121 Å². The number of nitrogens with two attached hydrogens (primary N) is 1. The van der Waals surface area contributed by atoms with Crippen molar-refractivity contribution in [3.63, 3.8) is 0 Å². The number of rotatable bonds is 8. The summed E-state index contributed by atoms with van der Waals surface area (Å²) in [5.41, 5.74) is 6.78. The van der Waals surface area contributed by atoms with Crippen LogP contribution >= 0.6 is 0 Å². The topological polar surface area (TPSA) is 55.6 Å². The van der Waals surface area contributed by atoms with Crippen LogP contribution in [0, 0.1) is 6.92 Å². The Morgan fingerprint density at radius 1 is 1.40 bits per heavy atom. The van der Waals surface area contributed by atoms with Crippen molar-refractivity contribution in [1.29, 1.82) is 0 Å². The number of carbonyl (C=O) groups excluding carboxylic acids is 1.